The Morgan fingerprint density at radius 1 is 0.955 bits per heavy atom. The first kappa shape index (κ1) is 16.2. The molecule has 1 amide bonds. The highest BCUT2D eigenvalue weighted by atomic mass is 32.2. The van der Waals surface area contributed by atoms with Crippen LogP contribution in [0.5, 0.6) is 11.5 Å². The number of rotatable bonds is 7. The number of nitrogens with one attached hydrogen (secondary N) is 1. The van der Waals surface area contributed by atoms with E-state index in [1.807, 2.05) is 48.5 Å². The minimum absolute atomic E-state index is 0.0105. The van der Waals surface area contributed by atoms with Crippen molar-refractivity contribution in [2.75, 3.05) is 25.3 Å². The summed E-state index contributed by atoms with van der Waals surface area (Å²) in [4.78, 5) is 11.9. The third-order valence-electron chi connectivity index (χ3n) is 3.03. The normalized spacial score (nSPS) is 10.1. The van der Waals surface area contributed by atoms with Crippen LogP contribution in [0, 0.1) is 0 Å². The van der Waals surface area contributed by atoms with Crippen molar-refractivity contribution >= 4 is 23.4 Å². The molecule has 2 aromatic rings. The van der Waals surface area contributed by atoms with Crippen molar-refractivity contribution in [3.05, 3.63) is 54.1 Å². The summed E-state index contributed by atoms with van der Waals surface area (Å²) in [5.41, 5.74) is 1.94. The molecular formula is C17H19NO3S. The molecule has 116 valence electrons. The van der Waals surface area contributed by atoms with Gasteiger partial charge in [-0.15, -0.1) is 11.8 Å². The molecule has 0 aromatic heterocycles. The Kier molecular flexibility index (Phi) is 6.15. The molecule has 0 aliphatic carbocycles. The highest BCUT2D eigenvalue weighted by molar-refractivity contribution is 7.99. The Morgan fingerprint density at radius 3 is 2.05 bits per heavy atom. The zero-order chi connectivity index (χ0) is 15.8. The number of benzene rings is 2. The summed E-state index contributed by atoms with van der Waals surface area (Å²) in [6.45, 7) is 0. The molecule has 4 nitrogen and oxygen atoms in total. The molecule has 0 saturated heterocycles. The van der Waals surface area contributed by atoms with E-state index in [0.717, 1.165) is 22.9 Å². The van der Waals surface area contributed by atoms with Gasteiger partial charge >= 0.3 is 0 Å². The predicted molar refractivity (Wildman–Crippen MR) is 90.8 cm³/mol. The number of methoxy groups -OCH3 is 2. The van der Waals surface area contributed by atoms with Crippen LogP contribution in [0.15, 0.2) is 48.5 Å². The molecule has 0 fully saturated rings. The molecule has 22 heavy (non-hydrogen) atoms. The Labute approximate surface area is 134 Å². The highest BCUT2D eigenvalue weighted by Gasteiger charge is 2.03. The van der Waals surface area contributed by atoms with Crippen molar-refractivity contribution in [1.29, 1.82) is 0 Å². The molecule has 0 saturated carbocycles. The van der Waals surface area contributed by atoms with Crippen LogP contribution < -0.4 is 14.8 Å². The predicted octanol–water partition coefficient (Wildman–Crippen LogP) is 3.58. The molecular weight excluding hydrogens is 298 g/mol. The van der Waals surface area contributed by atoms with Gasteiger partial charge in [-0.1, -0.05) is 12.1 Å². The van der Waals surface area contributed by atoms with E-state index < -0.39 is 0 Å². The minimum Gasteiger partial charge on any atom is -0.497 e. The second-order valence-electron chi connectivity index (χ2n) is 4.62. The molecule has 1 N–H and O–H groups in total. The second kappa shape index (κ2) is 8.34. The fourth-order valence-corrected chi connectivity index (χ4v) is 2.64. The standard InChI is InChI=1S/C17H19NO3S/c1-20-15-7-3-13(4-8-15)11-22-12-17(19)18-14-5-9-16(21-2)10-6-14/h3-10H,11-12H2,1-2H3,(H,18,19). The van der Waals surface area contributed by atoms with E-state index in [2.05, 4.69) is 5.32 Å². The maximum atomic E-state index is 11.9. The zero-order valence-electron chi connectivity index (χ0n) is 12.7. The van der Waals surface area contributed by atoms with Crippen molar-refractivity contribution in [2.45, 2.75) is 5.75 Å². The van der Waals surface area contributed by atoms with Crippen LogP contribution in [0.3, 0.4) is 0 Å². The molecule has 0 spiro atoms. The van der Waals surface area contributed by atoms with Gasteiger partial charge in [0.1, 0.15) is 11.5 Å². The maximum Gasteiger partial charge on any atom is 0.234 e. The van der Waals surface area contributed by atoms with Crippen LogP contribution in [-0.4, -0.2) is 25.9 Å². The second-order valence-corrected chi connectivity index (χ2v) is 5.60. The van der Waals surface area contributed by atoms with Gasteiger partial charge in [0.25, 0.3) is 0 Å². The van der Waals surface area contributed by atoms with Crippen LogP contribution >= 0.6 is 11.8 Å². The van der Waals surface area contributed by atoms with Gasteiger partial charge in [-0.05, 0) is 42.0 Å². The fraction of sp³-hybridized carbons (Fsp3) is 0.235. The van der Waals surface area contributed by atoms with Crippen molar-refractivity contribution in [3.63, 3.8) is 0 Å². The SMILES string of the molecule is COc1ccc(CSCC(=O)Nc2ccc(OC)cc2)cc1. The number of ether oxygens (including phenoxy) is 2. The first-order valence-electron chi connectivity index (χ1n) is 6.86. The average Bonchev–Trinajstić information content (AvgIpc) is 2.56. The largest absolute Gasteiger partial charge is 0.497 e. The molecule has 2 aromatic carbocycles. The molecule has 0 aliphatic heterocycles. The Bertz CT molecular complexity index is 596. The molecule has 0 unspecified atom stereocenters. The van der Waals surface area contributed by atoms with E-state index >= 15 is 0 Å². The van der Waals surface area contributed by atoms with E-state index in [4.69, 9.17) is 9.47 Å². The number of carbonyl (C=O) groups is 1. The summed E-state index contributed by atoms with van der Waals surface area (Å²) >= 11 is 1.58. The third kappa shape index (κ3) is 5.00. The van der Waals surface area contributed by atoms with Crippen LogP contribution in [0.1, 0.15) is 5.56 Å². The Hall–Kier alpha value is -2.14. The number of hydrogen-bond donors (Lipinski definition) is 1. The van der Waals surface area contributed by atoms with Gasteiger partial charge in [-0.3, -0.25) is 4.79 Å². The van der Waals surface area contributed by atoms with E-state index in [0.29, 0.717) is 5.75 Å². The quantitative estimate of drug-likeness (QED) is 0.848. The van der Waals surface area contributed by atoms with Crippen molar-refractivity contribution < 1.29 is 14.3 Å². The summed E-state index contributed by atoms with van der Waals surface area (Å²) in [5.74, 6) is 2.81. The molecule has 0 bridgehead atoms. The van der Waals surface area contributed by atoms with Gasteiger partial charge in [0, 0.05) is 11.4 Å². The number of carbonyl (C=O) groups excluding carboxylic acids is 1. The van der Waals surface area contributed by atoms with E-state index in [1.165, 1.54) is 5.56 Å². The van der Waals surface area contributed by atoms with Crippen LogP contribution in [-0.2, 0) is 10.5 Å². The monoisotopic (exact) mass is 317 g/mol. The van der Waals surface area contributed by atoms with Crippen LogP contribution in [0.2, 0.25) is 0 Å². The Morgan fingerprint density at radius 2 is 1.50 bits per heavy atom. The molecule has 5 heteroatoms. The first-order chi connectivity index (χ1) is 10.7. The van der Waals surface area contributed by atoms with Crippen LogP contribution in [0.25, 0.3) is 0 Å². The zero-order valence-corrected chi connectivity index (χ0v) is 13.5. The van der Waals surface area contributed by atoms with E-state index in [1.54, 1.807) is 26.0 Å². The topological polar surface area (TPSA) is 47.6 Å². The number of anilines is 1. The molecule has 0 radical (unpaired) electrons. The lowest BCUT2D eigenvalue weighted by molar-refractivity contribution is -0.113. The summed E-state index contributed by atoms with van der Waals surface area (Å²) in [7, 11) is 3.26. The van der Waals surface area contributed by atoms with Crippen molar-refractivity contribution in [2.24, 2.45) is 0 Å². The van der Waals surface area contributed by atoms with Crippen LogP contribution in [0.4, 0.5) is 5.69 Å². The summed E-state index contributed by atoms with van der Waals surface area (Å²) in [6.07, 6.45) is 0. The third-order valence-corrected chi connectivity index (χ3v) is 4.04. The van der Waals surface area contributed by atoms with Gasteiger partial charge in [0.2, 0.25) is 5.91 Å². The smallest absolute Gasteiger partial charge is 0.234 e. The molecule has 0 heterocycles. The lowest BCUT2D eigenvalue weighted by atomic mass is 10.2. The summed E-state index contributed by atoms with van der Waals surface area (Å²) in [6, 6.07) is 15.1. The first-order valence-corrected chi connectivity index (χ1v) is 8.01. The van der Waals surface area contributed by atoms with Gasteiger partial charge in [-0.25, -0.2) is 0 Å². The molecule has 0 atom stereocenters. The average molecular weight is 317 g/mol. The fourth-order valence-electron chi connectivity index (χ4n) is 1.85. The number of amides is 1. The van der Waals surface area contributed by atoms with Crippen molar-refractivity contribution in [3.8, 4) is 11.5 Å². The summed E-state index contributed by atoms with van der Waals surface area (Å²) in [5, 5.41) is 2.86. The Balaban J connectivity index is 1.74. The lowest BCUT2D eigenvalue weighted by Gasteiger charge is -2.07. The lowest BCUT2D eigenvalue weighted by Crippen LogP contribution is -2.14. The summed E-state index contributed by atoms with van der Waals surface area (Å²) < 4.78 is 10.2. The van der Waals surface area contributed by atoms with Gasteiger partial charge < -0.3 is 14.8 Å². The highest BCUT2D eigenvalue weighted by Crippen LogP contribution is 2.18. The van der Waals surface area contributed by atoms with Crippen molar-refractivity contribution in [1.82, 2.24) is 0 Å². The van der Waals surface area contributed by atoms with E-state index in [-0.39, 0.29) is 5.91 Å². The number of hydrogen-bond acceptors (Lipinski definition) is 4. The maximum absolute atomic E-state index is 11.9. The number of thioether (sulfide) groups is 1. The van der Waals surface area contributed by atoms with E-state index in [9.17, 15) is 4.79 Å². The molecule has 0 aliphatic rings. The van der Waals surface area contributed by atoms with Gasteiger partial charge in [0.05, 0.1) is 20.0 Å². The van der Waals surface area contributed by atoms with Gasteiger partial charge in [-0.2, -0.15) is 0 Å². The minimum atomic E-state index is -0.0105. The molecule has 2 rings (SSSR count). The van der Waals surface area contributed by atoms with Gasteiger partial charge in [0.15, 0.2) is 0 Å².